The van der Waals surface area contributed by atoms with E-state index < -0.39 is 5.97 Å². The summed E-state index contributed by atoms with van der Waals surface area (Å²) in [7, 11) is 0. The molecule has 0 radical (unpaired) electrons. The molecule has 2 aliphatic rings. The highest BCUT2D eigenvalue weighted by Gasteiger charge is 2.45. The number of aliphatic carboxylic acids is 1. The molecule has 2 heterocycles. The van der Waals surface area contributed by atoms with Gasteiger partial charge in [-0.2, -0.15) is 0 Å². The molecule has 4 nitrogen and oxygen atoms in total. The highest BCUT2D eigenvalue weighted by atomic mass is 32.1. The fourth-order valence-electron chi connectivity index (χ4n) is 3.91. The number of nitrogens with zero attached hydrogens (tertiary/aromatic N) is 2. The standard InChI is InChI=1S/C17H26N2O2S/c1-17(2,3)14-10-22-15(18-14)9-19-12-7-5-4-6-11(12)8-13(19)16(20)21/h10-13H,4-9H2,1-3H3,(H,20,21)/t11-,12+,13-/m0/s1. The van der Waals surface area contributed by atoms with Crippen molar-refractivity contribution in [2.24, 2.45) is 5.92 Å². The second kappa shape index (κ2) is 5.93. The number of aromatic nitrogens is 1. The Balaban J connectivity index is 1.79. The van der Waals surface area contributed by atoms with Crippen LogP contribution in [-0.4, -0.2) is 33.0 Å². The SMILES string of the molecule is CC(C)(C)c1csc(CN2[C@@H]3CCCC[C@H]3C[C@H]2C(=O)O)n1. The lowest BCUT2D eigenvalue weighted by atomic mass is 9.85. The highest BCUT2D eigenvalue weighted by Crippen LogP contribution is 2.41. The average molecular weight is 322 g/mol. The predicted octanol–water partition coefficient (Wildman–Crippen LogP) is 3.66. The molecule has 22 heavy (non-hydrogen) atoms. The predicted molar refractivity (Wildman–Crippen MR) is 88.1 cm³/mol. The summed E-state index contributed by atoms with van der Waals surface area (Å²) in [4.78, 5) is 18.6. The van der Waals surface area contributed by atoms with E-state index in [0.29, 0.717) is 18.5 Å². The van der Waals surface area contributed by atoms with Crippen molar-refractivity contribution < 1.29 is 9.90 Å². The summed E-state index contributed by atoms with van der Waals surface area (Å²) in [6, 6.07) is 0.118. The third-order valence-corrected chi connectivity index (χ3v) is 5.98. The first-order valence-corrected chi connectivity index (χ1v) is 9.17. The van der Waals surface area contributed by atoms with Crippen molar-refractivity contribution in [3.05, 3.63) is 16.1 Å². The van der Waals surface area contributed by atoms with Crippen molar-refractivity contribution in [2.45, 2.75) is 76.9 Å². The number of likely N-dealkylation sites (tertiary alicyclic amines) is 1. The van der Waals surface area contributed by atoms with Crippen LogP contribution < -0.4 is 0 Å². The van der Waals surface area contributed by atoms with E-state index in [2.05, 4.69) is 31.1 Å². The van der Waals surface area contributed by atoms with Crippen LogP contribution in [0, 0.1) is 5.92 Å². The van der Waals surface area contributed by atoms with E-state index in [9.17, 15) is 9.90 Å². The summed E-state index contributed by atoms with van der Waals surface area (Å²) in [6.45, 7) is 7.19. The molecule has 1 N–H and O–H groups in total. The molecule has 1 aromatic heterocycles. The van der Waals surface area contributed by atoms with Gasteiger partial charge >= 0.3 is 5.97 Å². The summed E-state index contributed by atoms with van der Waals surface area (Å²) in [5.41, 5.74) is 1.16. The molecule has 0 bridgehead atoms. The van der Waals surface area contributed by atoms with E-state index in [-0.39, 0.29) is 11.5 Å². The van der Waals surface area contributed by atoms with Gasteiger partial charge in [0.2, 0.25) is 0 Å². The third-order valence-electron chi connectivity index (χ3n) is 5.14. The van der Waals surface area contributed by atoms with Crippen molar-refractivity contribution in [1.29, 1.82) is 0 Å². The second-order valence-corrected chi connectivity index (χ2v) is 8.69. The Morgan fingerprint density at radius 2 is 2.14 bits per heavy atom. The van der Waals surface area contributed by atoms with Gasteiger partial charge in [0, 0.05) is 16.8 Å². The summed E-state index contributed by atoms with van der Waals surface area (Å²) in [6.07, 6.45) is 5.64. The Hall–Kier alpha value is -0.940. The number of carboxylic acids is 1. The Kier molecular flexibility index (Phi) is 4.29. The molecule has 3 atom stereocenters. The molecule has 1 aliphatic carbocycles. The van der Waals surface area contributed by atoms with Gasteiger partial charge < -0.3 is 5.11 Å². The Labute approximate surface area is 136 Å². The molecule has 0 amide bonds. The highest BCUT2D eigenvalue weighted by molar-refractivity contribution is 7.09. The van der Waals surface area contributed by atoms with Gasteiger partial charge in [-0.25, -0.2) is 4.98 Å². The smallest absolute Gasteiger partial charge is 0.320 e. The van der Waals surface area contributed by atoms with Crippen molar-refractivity contribution >= 4 is 17.3 Å². The van der Waals surface area contributed by atoms with Crippen LogP contribution in [0.4, 0.5) is 0 Å². The van der Waals surface area contributed by atoms with E-state index in [4.69, 9.17) is 4.98 Å². The quantitative estimate of drug-likeness (QED) is 0.923. The number of hydrogen-bond acceptors (Lipinski definition) is 4. The van der Waals surface area contributed by atoms with Crippen molar-refractivity contribution in [2.75, 3.05) is 0 Å². The second-order valence-electron chi connectivity index (χ2n) is 7.75. The monoisotopic (exact) mass is 322 g/mol. The van der Waals surface area contributed by atoms with Crippen LogP contribution in [0.1, 0.15) is 63.6 Å². The van der Waals surface area contributed by atoms with Crippen molar-refractivity contribution in [3.8, 4) is 0 Å². The number of thiazole rings is 1. The lowest BCUT2D eigenvalue weighted by Crippen LogP contribution is -2.41. The van der Waals surface area contributed by atoms with E-state index in [1.807, 2.05) is 0 Å². The van der Waals surface area contributed by atoms with Crippen LogP contribution in [0.15, 0.2) is 5.38 Å². The summed E-state index contributed by atoms with van der Waals surface area (Å²) in [5, 5.41) is 12.8. The summed E-state index contributed by atoms with van der Waals surface area (Å²) < 4.78 is 0. The molecule has 1 aliphatic heterocycles. The molecule has 1 saturated heterocycles. The third kappa shape index (κ3) is 3.06. The number of rotatable bonds is 3. The number of fused-ring (bicyclic) bond motifs is 1. The first kappa shape index (κ1) is 15.9. The molecule has 0 spiro atoms. The zero-order valence-electron chi connectivity index (χ0n) is 13.7. The van der Waals surface area contributed by atoms with Crippen molar-refractivity contribution in [3.63, 3.8) is 0 Å². The molecular weight excluding hydrogens is 296 g/mol. The lowest BCUT2D eigenvalue weighted by Gasteiger charge is -2.32. The van der Waals surface area contributed by atoms with Crippen LogP contribution >= 0.6 is 11.3 Å². The Morgan fingerprint density at radius 3 is 2.77 bits per heavy atom. The fraction of sp³-hybridized carbons (Fsp3) is 0.765. The minimum Gasteiger partial charge on any atom is -0.480 e. The lowest BCUT2D eigenvalue weighted by molar-refractivity contribution is -0.142. The Bertz CT molecular complexity index is 549. The van der Waals surface area contributed by atoms with Crippen LogP contribution in [-0.2, 0) is 16.8 Å². The fourth-order valence-corrected chi connectivity index (χ4v) is 4.94. The zero-order valence-corrected chi connectivity index (χ0v) is 14.5. The van der Waals surface area contributed by atoms with E-state index in [1.54, 1.807) is 11.3 Å². The van der Waals surface area contributed by atoms with Gasteiger partial charge in [0.1, 0.15) is 11.0 Å². The van der Waals surface area contributed by atoms with E-state index >= 15 is 0 Å². The largest absolute Gasteiger partial charge is 0.480 e. The maximum absolute atomic E-state index is 11.7. The van der Waals surface area contributed by atoms with Crippen molar-refractivity contribution in [1.82, 2.24) is 9.88 Å². The van der Waals surface area contributed by atoms with Gasteiger partial charge in [-0.1, -0.05) is 33.6 Å². The van der Waals surface area contributed by atoms with Gasteiger partial charge in [-0.15, -0.1) is 11.3 Å². The topological polar surface area (TPSA) is 53.4 Å². The van der Waals surface area contributed by atoms with E-state index in [1.165, 1.54) is 19.3 Å². The average Bonchev–Trinajstić information content (AvgIpc) is 3.04. The van der Waals surface area contributed by atoms with Crippen LogP contribution in [0.3, 0.4) is 0 Å². The molecule has 0 unspecified atom stereocenters. The van der Waals surface area contributed by atoms with Gasteiger partial charge in [-0.3, -0.25) is 9.69 Å². The van der Waals surface area contributed by atoms with Crippen LogP contribution in [0.5, 0.6) is 0 Å². The van der Waals surface area contributed by atoms with Gasteiger partial charge in [-0.05, 0) is 25.2 Å². The molecule has 5 heteroatoms. The zero-order chi connectivity index (χ0) is 15.9. The molecule has 122 valence electrons. The summed E-state index contributed by atoms with van der Waals surface area (Å²) >= 11 is 1.67. The maximum atomic E-state index is 11.7. The molecule has 2 fully saturated rings. The van der Waals surface area contributed by atoms with Gasteiger partial charge in [0.25, 0.3) is 0 Å². The van der Waals surface area contributed by atoms with Crippen LogP contribution in [0.2, 0.25) is 0 Å². The van der Waals surface area contributed by atoms with Gasteiger partial charge in [0.15, 0.2) is 0 Å². The minimum atomic E-state index is -0.665. The first-order chi connectivity index (χ1) is 10.4. The molecule has 0 aromatic carbocycles. The Morgan fingerprint density at radius 1 is 1.41 bits per heavy atom. The minimum absolute atomic E-state index is 0.0549. The summed E-state index contributed by atoms with van der Waals surface area (Å²) in [5.74, 6) is -0.0982. The molecule has 1 saturated carbocycles. The number of carboxylic acid groups (broad SMARTS) is 1. The molecule has 1 aromatic rings. The van der Waals surface area contributed by atoms with Gasteiger partial charge in [0.05, 0.1) is 12.2 Å². The molecular formula is C17H26N2O2S. The van der Waals surface area contributed by atoms with E-state index in [0.717, 1.165) is 23.5 Å². The normalized spacial score (nSPS) is 29.5. The molecule has 3 rings (SSSR count). The number of carbonyl (C=O) groups is 1. The first-order valence-electron chi connectivity index (χ1n) is 8.29. The number of hydrogen-bond donors (Lipinski definition) is 1. The van der Waals surface area contributed by atoms with Crippen LogP contribution in [0.25, 0.3) is 0 Å². The maximum Gasteiger partial charge on any atom is 0.320 e.